The van der Waals surface area contributed by atoms with Gasteiger partial charge in [-0.05, 0) is 63.0 Å². The SMILES string of the molecule is COCCCCN(Cc1ccc(Cl)cc1Cl)C1CCNCC1. The average Bonchev–Trinajstić information content (AvgIpc) is 2.53. The summed E-state index contributed by atoms with van der Waals surface area (Å²) >= 11 is 12.4. The number of benzene rings is 1. The lowest BCUT2D eigenvalue weighted by Gasteiger charge is -2.35. The molecule has 0 aromatic heterocycles. The van der Waals surface area contributed by atoms with Gasteiger partial charge in [-0.1, -0.05) is 29.3 Å². The highest BCUT2D eigenvalue weighted by Gasteiger charge is 2.21. The second kappa shape index (κ2) is 9.74. The number of ether oxygens (including phenoxy) is 1. The lowest BCUT2D eigenvalue weighted by atomic mass is 10.0. The summed E-state index contributed by atoms with van der Waals surface area (Å²) in [6.07, 6.45) is 4.67. The minimum absolute atomic E-state index is 0.635. The predicted octanol–water partition coefficient (Wildman–Crippen LogP) is 3.97. The molecule has 1 aromatic rings. The van der Waals surface area contributed by atoms with Gasteiger partial charge in [0.25, 0.3) is 0 Å². The van der Waals surface area contributed by atoms with E-state index in [2.05, 4.69) is 10.2 Å². The third-order valence-electron chi connectivity index (χ3n) is 4.26. The Hall–Kier alpha value is -0.320. The van der Waals surface area contributed by atoms with Gasteiger partial charge < -0.3 is 10.1 Å². The molecule has 2 rings (SSSR count). The van der Waals surface area contributed by atoms with Gasteiger partial charge in [-0.25, -0.2) is 0 Å². The summed E-state index contributed by atoms with van der Waals surface area (Å²) in [5.74, 6) is 0. The largest absolute Gasteiger partial charge is 0.385 e. The Morgan fingerprint density at radius 2 is 2.00 bits per heavy atom. The number of methoxy groups -OCH3 is 1. The summed E-state index contributed by atoms with van der Waals surface area (Å²) in [5, 5.41) is 4.90. The van der Waals surface area contributed by atoms with Crippen molar-refractivity contribution in [1.29, 1.82) is 0 Å². The van der Waals surface area contributed by atoms with Crippen LogP contribution in [0.5, 0.6) is 0 Å². The molecule has 0 bridgehead atoms. The topological polar surface area (TPSA) is 24.5 Å². The average molecular weight is 345 g/mol. The van der Waals surface area contributed by atoms with E-state index in [9.17, 15) is 0 Å². The van der Waals surface area contributed by atoms with Crippen LogP contribution in [0.2, 0.25) is 10.0 Å². The van der Waals surface area contributed by atoms with Crippen LogP contribution in [0.25, 0.3) is 0 Å². The zero-order valence-corrected chi connectivity index (χ0v) is 14.8. The first-order valence-electron chi connectivity index (χ1n) is 8.08. The number of nitrogens with zero attached hydrogens (tertiary/aromatic N) is 1. The highest BCUT2D eigenvalue weighted by atomic mass is 35.5. The van der Waals surface area contributed by atoms with Gasteiger partial charge in [0.2, 0.25) is 0 Å². The third-order valence-corrected chi connectivity index (χ3v) is 4.84. The summed E-state index contributed by atoms with van der Waals surface area (Å²) in [6, 6.07) is 6.45. The minimum Gasteiger partial charge on any atom is -0.385 e. The van der Waals surface area contributed by atoms with Crippen LogP contribution in [-0.2, 0) is 11.3 Å². The Bertz CT molecular complexity index is 450. The minimum atomic E-state index is 0.635. The number of piperidine rings is 1. The molecule has 0 spiro atoms. The van der Waals surface area contributed by atoms with Gasteiger partial charge in [0, 0.05) is 36.3 Å². The number of hydrogen-bond acceptors (Lipinski definition) is 3. The van der Waals surface area contributed by atoms with Gasteiger partial charge in [0.05, 0.1) is 0 Å². The first kappa shape index (κ1) is 18.0. The van der Waals surface area contributed by atoms with E-state index >= 15 is 0 Å². The molecule has 1 heterocycles. The van der Waals surface area contributed by atoms with Crippen LogP contribution in [0, 0.1) is 0 Å². The van der Waals surface area contributed by atoms with Crippen molar-refractivity contribution in [2.45, 2.75) is 38.3 Å². The van der Waals surface area contributed by atoms with Crippen LogP contribution in [-0.4, -0.2) is 44.3 Å². The second-order valence-corrected chi connectivity index (χ2v) is 6.73. The molecule has 1 N–H and O–H groups in total. The summed E-state index contributed by atoms with van der Waals surface area (Å²) < 4.78 is 5.16. The molecule has 0 radical (unpaired) electrons. The molecule has 0 unspecified atom stereocenters. The van der Waals surface area contributed by atoms with E-state index in [1.165, 1.54) is 12.8 Å². The molecule has 0 atom stereocenters. The molecule has 0 aliphatic carbocycles. The fraction of sp³-hybridized carbons (Fsp3) is 0.647. The van der Waals surface area contributed by atoms with E-state index < -0.39 is 0 Å². The standard InChI is InChI=1S/C17H26Cl2N2O/c1-22-11-3-2-10-21(16-6-8-20-9-7-16)13-14-4-5-15(18)12-17(14)19/h4-5,12,16,20H,2-3,6-11,13H2,1H3. The third kappa shape index (κ3) is 5.71. The van der Waals surface area contributed by atoms with E-state index in [0.717, 1.165) is 56.2 Å². The smallest absolute Gasteiger partial charge is 0.0465 e. The Morgan fingerprint density at radius 3 is 2.68 bits per heavy atom. The van der Waals surface area contributed by atoms with Crippen LogP contribution >= 0.6 is 23.2 Å². The number of halogens is 2. The fourth-order valence-corrected chi connectivity index (χ4v) is 3.46. The molecule has 3 nitrogen and oxygen atoms in total. The summed E-state index contributed by atoms with van der Waals surface area (Å²) in [4.78, 5) is 2.58. The number of unbranched alkanes of at least 4 members (excludes halogenated alkanes) is 1. The van der Waals surface area contributed by atoms with Crippen molar-refractivity contribution in [3.05, 3.63) is 33.8 Å². The quantitative estimate of drug-likeness (QED) is 0.722. The molecule has 0 saturated carbocycles. The zero-order chi connectivity index (χ0) is 15.8. The van der Waals surface area contributed by atoms with Crippen molar-refractivity contribution < 1.29 is 4.74 Å². The van der Waals surface area contributed by atoms with Crippen LogP contribution in [0.15, 0.2) is 18.2 Å². The van der Waals surface area contributed by atoms with E-state index in [1.54, 1.807) is 7.11 Å². The molecule has 22 heavy (non-hydrogen) atoms. The summed E-state index contributed by atoms with van der Waals surface area (Å²) in [7, 11) is 1.76. The molecule has 0 amide bonds. The number of nitrogens with one attached hydrogen (secondary N) is 1. The first-order chi connectivity index (χ1) is 10.7. The second-order valence-electron chi connectivity index (χ2n) is 5.89. The summed E-state index contributed by atoms with van der Waals surface area (Å²) in [6.45, 7) is 5.03. The fourth-order valence-electron chi connectivity index (χ4n) is 2.99. The van der Waals surface area contributed by atoms with Gasteiger partial charge in [-0.15, -0.1) is 0 Å². The highest BCUT2D eigenvalue weighted by molar-refractivity contribution is 6.35. The van der Waals surface area contributed by atoms with Gasteiger partial charge in [0.15, 0.2) is 0 Å². The van der Waals surface area contributed by atoms with Crippen LogP contribution in [0.1, 0.15) is 31.2 Å². The number of hydrogen-bond donors (Lipinski definition) is 1. The monoisotopic (exact) mass is 344 g/mol. The molecule has 1 fully saturated rings. The maximum Gasteiger partial charge on any atom is 0.0465 e. The molecular formula is C17H26Cl2N2O. The van der Waals surface area contributed by atoms with Crippen LogP contribution in [0.4, 0.5) is 0 Å². The van der Waals surface area contributed by atoms with Crippen LogP contribution in [0.3, 0.4) is 0 Å². The predicted molar refractivity (Wildman–Crippen MR) is 93.9 cm³/mol. The number of rotatable bonds is 8. The van der Waals surface area contributed by atoms with Crippen molar-refractivity contribution in [1.82, 2.24) is 10.2 Å². The molecular weight excluding hydrogens is 319 g/mol. The zero-order valence-electron chi connectivity index (χ0n) is 13.3. The lowest BCUT2D eigenvalue weighted by Crippen LogP contribution is -2.43. The van der Waals surface area contributed by atoms with Crippen molar-refractivity contribution in [3.8, 4) is 0 Å². The molecule has 124 valence electrons. The highest BCUT2D eigenvalue weighted by Crippen LogP contribution is 2.24. The van der Waals surface area contributed by atoms with E-state index in [0.29, 0.717) is 11.1 Å². The lowest BCUT2D eigenvalue weighted by molar-refractivity contribution is 0.140. The van der Waals surface area contributed by atoms with Gasteiger partial charge in [0.1, 0.15) is 0 Å². The Kier molecular flexibility index (Phi) is 7.98. The van der Waals surface area contributed by atoms with Crippen molar-refractivity contribution in [2.75, 3.05) is 33.4 Å². The van der Waals surface area contributed by atoms with Gasteiger partial charge in [-0.3, -0.25) is 4.90 Å². The molecule has 1 saturated heterocycles. The maximum atomic E-state index is 6.35. The van der Waals surface area contributed by atoms with Gasteiger partial charge >= 0.3 is 0 Å². The molecule has 1 aliphatic heterocycles. The van der Waals surface area contributed by atoms with Crippen molar-refractivity contribution in [3.63, 3.8) is 0 Å². The van der Waals surface area contributed by atoms with Gasteiger partial charge in [-0.2, -0.15) is 0 Å². The Morgan fingerprint density at radius 1 is 1.23 bits per heavy atom. The molecule has 1 aliphatic rings. The van der Waals surface area contributed by atoms with Crippen molar-refractivity contribution >= 4 is 23.2 Å². The molecule has 5 heteroatoms. The Labute approximate surface area is 143 Å². The maximum absolute atomic E-state index is 6.35. The van der Waals surface area contributed by atoms with E-state index in [-0.39, 0.29) is 0 Å². The first-order valence-corrected chi connectivity index (χ1v) is 8.84. The van der Waals surface area contributed by atoms with E-state index in [4.69, 9.17) is 27.9 Å². The molecule has 1 aromatic carbocycles. The van der Waals surface area contributed by atoms with Crippen LogP contribution < -0.4 is 5.32 Å². The summed E-state index contributed by atoms with van der Waals surface area (Å²) in [5.41, 5.74) is 1.16. The van der Waals surface area contributed by atoms with E-state index in [1.807, 2.05) is 18.2 Å². The van der Waals surface area contributed by atoms with Crippen molar-refractivity contribution in [2.24, 2.45) is 0 Å². The Balaban J connectivity index is 1.98. The normalized spacial score (nSPS) is 16.4.